The number of nitrogens with one attached hydrogen (secondary N) is 2. The Balaban J connectivity index is 1.50. The van der Waals surface area contributed by atoms with Crippen LogP contribution in [0.1, 0.15) is 30.6 Å². The lowest BCUT2D eigenvalue weighted by molar-refractivity contribution is -0.131. The standard InChI is InChI=1S/C24H26N4O3S/c1-3-27(4-2)23(30)15-28-11-9-16-13-18(6-7-20(16)28)25-24(31)17-5-8-21-19(14-17)26-22(29)10-12-32-21/h5-9,11,13-14H,3-4,10,12,15H2,1-2H3,(H,25,31)(H,26,29). The van der Waals surface area contributed by atoms with Crippen molar-refractivity contribution in [1.82, 2.24) is 9.47 Å². The van der Waals surface area contributed by atoms with Crippen molar-refractivity contribution in [3.8, 4) is 0 Å². The molecule has 0 spiro atoms. The smallest absolute Gasteiger partial charge is 0.255 e. The number of anilines is 2. The Bertz CT molecular complexity index is 1180. The molecule has 0 aliphatic carbocycles. The summed E-state index contributed by atoms with van der Waals surface area (Å²) in [6, 6.07) is 12.9. The predicted molar refractivity (Wildman–Crippen MR) is 128 cm³/mol. The van der Waals surface area contributed by atoms with E-state index in [-0.39, 0.29) is 24.3 Å². The number of aromatic nitrogens is 1. The first-order valence-corrected chi connectivity index (χ1v) is 11.7. The van der Waals surface area contributed by atoms with Crippen LogP contribution in [0.3, 0.4) is 0 Å². The zero-order valence-corrected chi connectivity index (χ0v) is 19.0. The summed E-state index contributed by atoms with van der Waals surface area (Å²) in [7, 11) is 0. The van der Waals surface area contributed by atoms with Gasteiger partial charge >= 0.3 is 0 Å². The largest absolute Gasteiger partial charge is 0.342 e. The van der Waals surface area contributed by atoms with Gasteiger partial charge in [-0.1, -0.05) is 0 Å². The molecule has 0 unspecified atom stereocenters. The van der Waals surface area contributed by atoms with Crippen molar-refractivity contribution < 1.29 is 14.4 Å². The van der Waals surface area contributed by atoms with Crippen LogP contribution in [0.15, 0.2) is 53.6 Å². The third-order valence-electron chi connectivity index (χ3n) is 5.55. The van der Waals surface area contributed by atoms with Gasteiger partial charge in [-0.25, -0.2) is 0 Å². The number of carbonyl (C=O) groups excluding carboxylic acids is 3. The predicted octanol–water partition coefficient (Wildman–Crippen LogP) is 4.20. The maximum absolute atomic E-state index is 12.8. The van der Waals surface area contributed by atoms with E-state index in [2.05, 4.69) is 10.6 Å². The summed E-state index contributed by atoms with van der Waals surface area (Å²) in [5, 5.41) is 6.74. The van der Waals surface area contributed by atoms with Gasteiger partial charge in [-0.05, 0) is 56.3 Å². The van der Waals surface area contributed by atoms with Gasteiger partial charge in [0.15, 0.2) is 0 Å². The van der Waals surface area contributed by atoms with Crippen molar-refractivity contribution in [3.63, 3.8) is 0 Å². The molecule has 166 valence electrons. The van der Waals surface area contributed by atoms with E-state index in [1.165, 1.54) is 0 Å². The summed E-state index contributed by atoms with van der Waals surface area (Å²) in [6.07, 6.45) is 2.35. The van der Waals surface area contributed by atoms with Crippen molar-refractivity contribution in [2.75, 3.05) is 29.5 Å². The van der Waals surface area contributed by atoms with E-state index in [4.69, 9.17) is 0 Å². The number of hydrogen-bond acceptors (Lipinski definition) is 4. The highest BCUT2D eigenvalue weighted by Crippen LogP contribution is 2.31. The summed E-state index contributed by atoms with van der Waals surface area (Å²) in [4.78, 5) is 39.9. The average molecular weight is 451 g/mol. The van der Waals surface area contributed by atoms with Crippen molar-refractivity contribution in [1.29, 1.82) is 0 Å². The second-order valence-electron chi connectivity index (χ2n) is 7.59. The molecular weight excluding hydrogens is 424 g/mol. The first-order chi connectivity index (χ1) is 15.5. The lowest BCUT2D eigenvalue weighted by Crippen LogP contribution is -2.33. The number of carbonyl (C=O) groups is 3. The summed E-state index contributed by atoms with van der Waals surface area (Å²) < 4.78 is 1.92. The third kappa shape index (κ3) is 4.65. The summed E-state index contributed by atoms with van der Waals surface area (Å²) in [5.41, 5.74) is 2.77. The number of thioether (sulfide) groups is 1. The molecule has 0 fully saturated rings. The van der Waals surface area contributed by atoms with Gasteiger partial charge in [-0.3, -0.25) is 14.4 Å². The molecule has 4 rings (SSSR count). The molecule has 7 nitrogen and oxygen atoms in total. The lowest BCUT2D eigenvalue weighted by Gasteiger charge is -2.19. The molecule has 0 saturated carbocycles. The molecule has 2 heterocycles. The van der Waals surface area contributed by atoms with Gasteiger partial charge in [0.05, 0.1) is 5.69 Å². The fourth-order valence-electron chi connectivity index (χ4n) is 3.80. The Labute approximate surface area is 191 Å². The number of hydrogen-bond donors (Lipinski definition) is 2. The van der Waals surface area contributed by atoms with E-state index in [1.54, 1.807) is 23.9 Å². The van der Waals surface area contributed by atoms with Gasteiger partial charge in [-0.15, -0.1) is 11.8 Å². The number of amides is 3. The molecule has 3 aromatic rings. The molecule has 8 heteroatoms. The Morgan fingerprint density at radius 2 is 1.94 bits per heavy atom. The van der Waals surface area contributed by atoms with Crippen LogP contribution >= 0.6 is 11.8 Å². The molecule has 1 aliphatic heterocycles. The molecule has 2 N–H and O–H groups in total. The van der Waals surface area contributed by atoms with Crippen LogP contribution < -0.4 is 10.6 Å². The SMILES string of the molecule is CCN(CC)C(=O)Cn1ccc2cc(NC(=O)c3ccc4c(c3)NC(=O)CCS4)ccc21. The minimum absolute atomic E-state index is 0.0387. The van der Waals surface area contributed by atoms with Crippen LogP contribution in [0.4, 0.5) is 11.4 Å². The Hall–Kier alpha value is -3.26. The first-order valence-electron chi connectivity index (χ1n) is 10.7. The normalized spacial score (nSPS) is 13.2. The molecular formula is C24H26N4O3S. The second-order valence-corrected chi connectivity index (χ2v) is 8.73. The van der Waals surface area contributed by atoms with Crippen LogP contribution in [0.5, 0.6) is 0 Å². The minimum atomic E-state index is -0.244. The summed E-state index contributed by atoms with van der Waals surface area (Å²) >= 11 is 1.61. The molecule has 32 heavy (non-hydrogen) atoms. The van der Waals surface area contributed by atoms with E-state index < -0.39 is 0 Å². The molecule has 3 amide bonds. The highest BCUT2D eigenvalue weighted by molar-refractivity contribution is 7.99. The summed E-state index contributed by atoms with van der Waals surface area (Å²) in [6.45, 7) is 5.61. The zero-order valence-electron chi connectivity index (χ0n) is 18.2. The van der Waals surface area contributed by atoms with Crippen molar-refractivity contribution >= 4 is 51.8 Å². The van der Waals surface area contributed by atoms with Crippen LogP contribution in [0.25, 0.3) is 10.9 Å². The van der Waals surface area contributed by atoms with Gasteiger partial charge < -0.3 is 20.1 Å². The van der Waals surface area contributed by atoms with E-state index in [1.807, 2.05) is 59.8 Å². The van der Waals surface area contributed by atoms with Gasteiger partial charge in [-0.2, -0.15) is 0 Å². The highest BCUT2D eigenvalue weighted by atomic mass is 32.2. The molecule has 0 atom stereocenters. The van der Waals surface area contributed by atoms with Gasteiger partial charge in [0.25, 0.3) is 5.91 Å². The van der Waals surface area contributed by atoms with Gasteiger partial charge in [0.1, 0.15) is 6.54 Å². The number of benzene rings is 2. The number of likely N-dealkylation sites (N-methyl/N-ethyl adjacent to an activating group) is 1. The lowest BCUT2D eigenvalue weighted by atomic mass is 10.1. The Morgan fingerprint density at radius 1 is 1.12 bits per heavy atom. The minimum Gasteiger partial charge on any atom is -0.342 e. The maximum Gasteiger partial charge on any atom is 0.255 e. The molecule has 0 saturated heterocycles. The van der Waals surface area contributed by atoms with Gasteiger partial charge in [0.2, 0.25) is 11.8 Å². The molecule has 1 aromatic heterocycles. The summed E-state index contributed by atoms with van der Waals surface area (Å²) in [5.74, 6) is 0.526. The topological polar surface area (TPSA) is 83.4 Å². The van der Waals surface area contributed by atoms with E-state index in [0.29, 0.717) is 36.4 Å². The van der Waals surface area contributed by atoms with E-state index in [9.17, 15) is 14.4 Å². The fourth-order valence-corrected chi connectivity index (χ4v) is 4.74. The van der Waals surface area contributed by atoms with Crippen LogP contribution in [-0.2, 0) is 16.1 Å². The molecule has 0 bridgehead atoms. The Kier molecular flexibility index (Phi) is 6.50. The Morgan fingerprint density at radius 3 is 2.72 bits per heavy atom. The van der Waals surface area contributed by atoms with Crippen molar-refractivity contribution in [2.45, 2.75) is 31.7 Å². The van der Waals surface area contributed by atoms with Crippen molar-refractivity contribution in [2.24, 2.45) is 0 Å². The van der Waals surface area contributed by atoms with E-state index in [0.717, 1.165) is 21.6 Å². The quantitative estimate of drug-likeness (QED) is 0.590. The maximum atomic E-state index is 12.8. The van der Waals surface area contributed by atoms with Crippen molar-refractivity contribution in [3.05, 3.63) is 54.2 Å². The van der Waals surface area contributed by atoms with E-state index >= 15 is 0 Å². The molecule has 1 aliphatic rings. The van der Waals surface area contributed by atoms with Crippen LogP contribution in [-0.4, -0.2) is 46.0 Å². The fraction of sp³-hybridized carbons (Fsp3) is 0.292. The third-order valence-corrected chi connectivity index (χ3v) is 6.63. The monoisotopic (exact) mass is 450 g/mol. The highest BCUT2D eigenvalue weighted by Gasteiger charge is 2.16. The zero-order chi connectivity index (χ0) is 22.7. The number of nitrogens with zero attached hydrogens (tertiary/aromatic N) is 2. The van der Waals surface area contributed by atoms with Gasteiger partial charge in [0, 0.05) is 58.5 Å². The average Bonchev–Trinajstić information content (AvgIpc) is 3.06. The molecule has 2 aromatic carbocycles. The first kappa shape index (κ1) is 22.0. The second kappa shape index (κ2) is 9.48. The van der Waals surface area contributed by atoms with Crippen LogP contribution in [0, 0.1) is 0 Å². The number of fused-ring (bicyclic) bond motifs is 2. The molecule has 0 radical (unpaired) electrons. The number of rotatable bonds is 6. The van der Waals surface area contributed by atoms with Crippen LogP contribution in [0.2, 0.25) is 0 Å².